The lowest BCUT2D eigenvalue weighted by Crippen LogP contribution is -2.38. The molecule has 0 aliphatic carbocycles. The molecule has 0 saturated heterocycles. The minimum atomic E-state index is -0.344. The molecule has 20 heavy (non-hydrogen) atoms. The third kappa shape index (κ3) is 4.31. The van der Waals surface area contributed by atoms with Crippen LogP contribution in [-0.2, 0) is 20.5 Å². The van der Waals surface area contributed by atoms with Gasteiger partial charge in [-0.2, -0.15) is 0 Å². The highest BCUT2D eigenvalue weighted by Crippen LogP contribution is 2.00. The van der Waals surface area contributed by atoms with Crippen molar-refractivity contribution in [3.63, 3.8) is 0 Å². The molecule has 0 bridgehead atoms. The predicted octanol–water partition coefficient (Wildman–Crippen LogP) is -0.281. The number of rotatable bonds is 7. The molecule has 1 aromatic rings. The van der Waals surface area contributed by atoms with Crippen LogP contribution in [0.3, 0.4) is 0 Å². The number of nitrogens with zero attached hydrogens (tertiary/aromatic N) is 3. The predicted molar refractivity (Wildman–Crippen MR) is 79.0 cm³/mol. The molecule has 0 saturated carbocycles. The van der Waals surface area contributed by atoms with Crippen LogP contribution in [0, 0.1) is 0 Å². The van der Waals surface area contributed by atoms with Gasteiger partial charge in [0, 0.05) is 32.4 Å². The zero-order chi connectivity index (χ0) is 15.3. The molecule has 6 heteroatoms. The van der Waals surface area contributed by atoms with Crippen molar-refractivity contribution in [2.24, 2.45) is 14.1 Å². The fraction of sp³-hybridized carbons (Fsp3) is 0.714. The number of hydrogen-bond donors (Lipinski definition) is 1. The van der Waals surface area contributed by atoms with Gasteiger partial charge in [-0.05, 0) is 32.9 Å². The van der Waals surface area contributed by atoms with E-state index in [2.05, 4.69) is 11.8 Å². The van der Waals surface area contributed by atoms with E-state index < -0.39 is 0 Å². The van der Waals surface area contributed by atoms with Crippen molar-refractivity contribution in [2.45, 2.75) is 32.8 Å². The molecule has 0 spiro atoms. The van der Waals surface area contributed by atoms with E-state index in [0.717, 1.165) is 29.8 Å². The molecule has 0 fully saturated rings. The van der Waals surface area contributed by atoms with Crippen molar-refractivity contribution < 1.29 is 5.11 Å². The molecule has 1 heterocycles. The fourth-order valence-electron chi connectivity index (χ4n) is 2.25. The molecular weight excluding hydrogens is 258 g/mol. The smallest absolute Gasteiger partial charge is 0.330 e. The summed E-state index contributed by atoms with van der Waals surface area (Å²) in [6.07, 6.45) is 1.18. The monoisotopic (exact) mass is 283 g/mol. The summed E-state index contributed by atoms with van der Waals surface area (Å²) < 4.78 is 2.63. The SMILES string of the molecule is CCN(CCCc1cc(=O)n(C)c(=O)n1C)CC(C)O. The van der Waals surface area contributed by atoms with Crippen LogP contribution in [0.25, 0.3) is 0 Å². The van der Waals surface area contributed by atoms with Gasteiger partial charge in [0.2, 0.25) is 0 Å². The van der Waals surface area contributed by atoms with Crippen LogP contribution < -0.4 is 11.2 Å². The van der Waals surface area contributed by atoms with Gasteiger partial charge in [0.1, 0.15) is 0 Å². The van der Waals surface area contributed by atoms with Gasteiger partial charge in [-0.15, -0.1) is 0 Å². The second kappa shape index (κ2) is 7.40. The van der Waals surface area contributed by atoms with Crippen molar-refractivity contribution in [1.82, 2.24) is 14.0 Å². The Morgan fingerprint density at radius 3 is 2.50 bits per heavy atom. The first kappa shape index (κ1) is 16.7. The average molecular weight is 283 g/mol. The minimum absolute atomic E-state index is 0.264. The number of likely N-dealkylation sites (N-methyl/N-ethyl adjacent to an activating group) is 1. The standard InChI is InChI=1S/C14H25N3O3/c1-5-17(10-11(2)18)8-6-7-12-9-13(19)16(4)14(20)15(12)3/h9,11,18H,5-8,10H2,1-4H3. The van der Waals surface area contributed by atoms with Crippen molar-refractivity contribution in [2.75, 3.05) is 19.6 Å². The molecule has 6 nitrogen and oxygen atoms in total. The van der Waals surface area contributed by atoms with Crippen molar-refractivity contribution in [1.29, 1.82) is 0 Å². The first-order valence-corrected chi connectivity index (χ1v) is 7.03. The Morgan fingerprint density at radius 2 is 1.95 bits per heavy atom. The van der Waals surface area contributed by atoms with Crippen LogP contribution >= 0.6 is 0 Å². The van der Waals surface area contributed by atoms with Crippen LogP contribution in [-0.4, -0.2) is 44.9 Å². The molecule has 1 unspecified atom stereocenters. The number of aliphatic hydroxyl groups is 1. The normalized spacial score (nSPS) is 12.9. The van der Waals surface area contributed by atoms with Crippen LogP contribution in [0.5, 0.6) is 0 Å². The van der Waals surface area contributed by atoms with E-state index in [-0.39, 0.29) is 17.4 Å². The summed E-state index contributed by atoms with van der Waals surface area (Å²) in [5.41, 5.74) is 0.203. The lowest BCUT2D eigenvalue weighted by molar-refractivity contribution is 0.129. The maximum Gasteiger partial charge on any atom is 0.330 e. The molecule has 0 amide bonds. The summed E-state index contributed by atoms with van der Waals surface area (Å²) in [4.78, 5) is 25.6. The van der Waals surface area contributed by atoms with Crippen molar-refractivity contribution >= 4 is 0 Å². The Morgan fingerprint density at radius 1 is 1.30 bits per heavy atom. The van der Waals surface area contributed by atoms with E-state index in [1.807, 2.05) is 0 Å². The van der Waals surface area contributed by atoms with Gasteiger partial charge < -0.3 is 14.6 Å². The molecular formula is C14H25N3O3. The van der Waals surface area contributed by atoms with E-state index in [4.69, 9.17) is 0 Å². The molecule has 0 aliphatic heterocycles. The summed E-state index contributed by atoms with van der Waals surface area (Å²) in [5, 5.41) is 9.39. The quantitative estimate of drug-likeness (QED) is 0.747. The van der Waals surface area contributed by atoms with Crippen molar-refractivity contribution in [3.8, 4) is 0 Å². The topological polar surface area (TPSA) is 67.5 Å². The number of aliphatic hydroxyl groups excluding tert-OH is 1. The van der Waals surface area contributed by atoms with E-state index >= 15 is 0 Å². The minimum Gasteiger partial charge on any atom is -0.392 e. The van der Waals surface area contributed by atoms with Gasteiger partial charge >= 0.3 is 5.69 Å². The molecule has 1 aromatic heterocycles. The van der Waals surface area contributed by atoms with Crippen LogP contribution in [0.15, 0.2) is 15.7 Å². The Balaban J connectivity index is 2.67. The van der Waals surface area contributed by atoms with E-state index in [0.29, 0.717) is 13.0 Å². The van der Waals surface area contributed by atoms with E-state index in [9.17, 15) is 14.7 Å². The largest absolute Gasteiger partial charge is 0.392 e. The van der Waals surface area contributed by atoms with Crippen LogP contribution in [0.4, 0.5) is 0 Å². The lowest BCUT2D eigenvalue weighted by Gasteiger charge is -2.21. The summed E-state index contributed by atoms with van der Waals surface area (Å²) in [6, 6.07) is 1.52. The lowest BCUT2D eigenvalue weighted by atomic mass is 10.2. The highest BCUT2D eigenvalue weighted by Gasteiger charge is 2.08. The van der Waals surface area contributed by atoms with Gasteiger partial charge in [0.05, 0.1) is 6.10 Å². The maximum absolute atomic E-state index is 11.8. The third-order valence-corrected chi connectivity index (χ3v) is 3.50. The first-order chi connectivity index (χ1) is 9.36. The molecule has 0 radical (unpaired) electrons. The third-order valence-electron chi connectivity index (χ3n) is 3.50. The zero-order valence-corrected chi connectivity index (χ0v) is 12.8. The molecule has 0 aliphatic rings. The molecule has 114 valence electrons. The van der Waals surface area contributed by atoms with Crippen LogP contribution in [0.1, 0.15) is 26.0 Å². The van der Waals surface area contributed by atoms with Gasteiger partial charge in [-0.1, -0.05) is 6.92 Å². The number of hydrogen-bond acceptors (Lipinski definition) is 4. The summed E-state index contributed by atoms with van der Waals surface area (Å²) in [5.74, 6) is 0. The molecule has 1 rings (SSSR count). The Labute approximate surface area is 119 Å². The van der Waals surface area contributed by atoms with E-state index in [1.165, 1.54) is 17.7 Å². The molecule has 1 atom stereocenters. The highest BCUT2D eigenvalue weighted by atomic mass is 16.3. The molecule has 1 N–H and O–H groups in total. The highest BCUT2D eigenvalue weighted by molar-refractivity contribution is 5.02. The Kier molecular flexibility index (Phi) is 6.16. The first-order valence-electron chi connectivity index (χ1n) is 7.03. The summed E-state index contributed by atoms with van der Waals surface area (Å²) >= 11 is 0. The maximum atomic E-state index is 11.8. The molecule has 0 aromatic carbocycles. The van der Waals surface area contributed by atoms with Gasteiger partial charge in [-0.3, -0.25) is 9.36 Å². The van der Waals surface area contributed by atoms with Gasteiger partial charge in [0.15, 0.2) is 0 Å². The number of aryl methyl sites for hydroxylation is 1. The summed E-state index contributed by atoms with van der Waals surface area (Å²) in [6.45, 7) is 6.18. The summed E-state index contributed by atoms with van der Waals surface area (Å²) in [7, 11) is 3.17. The van der Waals surface area contributed by atoms with Crippen molar-refractivity contribution in [3.05, 3.63) is 32.6 Å². The fourth-order valence-corrected chi connectivity index (χ4v) is 2.25. The van der Waals surface area contributed by atoms with E-state index in [1.54, 1.807) is 14.0 Å². The second-order valence-corrected chi connectivity index (χ2v) is 5.22. The second-order valence-electron chi connectivity index (χ2n) is 5.22. The van der Waals surface area contributed by atoms with Gasteiger partial charge in [-0.25, -0.2) is 4.79 Å². The zero-order valence-electron chi connectivity index (χ0n) is 12.8. The number of aromatic nitrogens is 2. The average Bonchev–Trinajstić information content (AvgIpc) is 2.40. The van der Waals surface area contributed by atoms with Crippen LogP contribution in [0.2, 0.25) is 0 Å². The Hall–Kier alpha value is -1.40. The van der Waals surface area contributed by atoms with Gasteiger partial charge in [0.25, 0.3) is 5.56 Å². The Bertz CT molecular complexity index is 546.